The molecule has 0 spiro atoms. The van der Waals surface area contributed by atoms with Gasteiger partial charge < -0.3 is 11.5 Å². The highest BCUT2D eigenvalue weighted by Gasteiger charge is 1.99. The molecule has 60 valence electrons. The predicted octanol–water partition coefficient (Wildman–Crippen LogP) is 0.473. The predicted molar refractivity (Wildman–Crippen MR) is 46.1 cm³/mol. The van der Waals surface area contributed by atoms with E-state index in [4.69, 9.17) is 11.5 Å². The number of nitrogens with zero attached hydrogens (tertiary/aromatic N) is 1. The Hall–Kier alpha value is -1.09. The van der Waals surface area contributed by atoms with Crippen molar-refractivity contribution in [3.8, 4) is 0 Å². The maximum Gasteiger partial charge on any atom is 0.126 e. The molecule has 0 bridgehead atoms. The maximum atomic E-state index is 5.60. The van der Waals surface area contributed by atoms with Crippen LogP contribution < -0.4 is 11.5 Å². The summed E-state index contributed by atoms with van der Waals surface area (Å²) in [4.78, 5) is 3.96. The zero-order chi connectivity index (χ0) is 8.27. The lowest BCUT2D eigenvalue weighted by Gasteiger charge is -2.04. The standard InChI is InChI=1S/C8H13N3/c1-6-7(2-4-9)3-5-11-8(6)10/h3,5H,2,4,9H2,1H3,(H2,10,11). The van der Waals surface area contributed by atoms with Crippen molar-refractivity contribution in [2.75, 3.05) is 12.3 Å². The largest absolute Gasteiger partial charge is 0.383 e. The second-order valence-electron chi connectivity index (χ2n) is 2.52. The zero-order valence-electron chi connectivity index (χ0n) is 6.67. The van der Waals surface area contributed by atoms with Gasteiger partial charge in [0.25, 0.3) is 0 Å². The third kappa shape index (κ3) is 1.68. The van der Waals surface area contributed by atoms with Crippen LogP contribution >= 0.6 is 0 Å². The lowest BCUT2D eigenvalue weighted by atomic mass is 10.1. The Labute approximate surface area is 66.4 Å². The third-order valence-electron chi connectivity index (χ3n) is 1.77. The number of nitrogen functional groups attached to an aromatic ring is 1. The summed E-state index contributed by atoms with van der Waals surface area (Å²) >= 11 is 0. The molecule has 0 amide bonds. The van der Waals surface area contributed by atoms with Crippen LogP contribution in [0.15, 0.2) is 12.3 Å². The molecule has 1 heterocycles. The highest BCUT2D eigenvalue weighted by Crippen LogP contribution is 2.12. The van der Waals surface area contributed by atoms with Crippen molar-refractivity contribution in [3.05, 3.63) is 23.4 Å². The van der Waals surface area contributed by atoms with E-state index in [0.717, 1.165) is 12.0 Å². The van der Waals surface area contributed by atoms with Gasteiger partial charge in [-0.3, -0.25) is 0 Å². The molecule has 3 nitrogen and oxygen atoms in total. The molecule has 0 unspecified atom stereocenters. The molecule has 0 atom stereocenters. The van der Waals surface area contributed by atoms with Gasteiger partial charge in [0, 0.05) is 6.20 Å². The molecular weight excluding hydrogens is 138 g/mol. The minimum absolute atomic E-state index is 0.607. The van der Waals surface area contributed by atoms with Gasteiger partial charge in [0.05, 0.1) is 0 Å². The summed E-state index contributed by atoms with van der Waals surface area (Å²) in [5.41, 5.74) is 13.3. The van der Waals surface area contributed by atoms with E-state index in [1.165, 1.54) is 5.56 Å². The van der Waals surface area contributed by atoms with Gasteiger partial charge in [-0.25, -0.2) is 4.98 Å². The summed E-state index contributed by atoms with van der Waals surface area (Å²) < 4.78 is 0. The molecule has 0 aliphatic rings. The number of hydrogen-bond acceptors (Lipinski definition) is 3. The second kappa shape index (κ2) is 3.34. The van der Waals surface area contributed by atoms with Crippen LogP contribution in [-0.2, 0) is 6.42 Å². The Morgan fingerprint density at radius 1 is 1.55 bits per heavy atom. The van der Waals surface area contributed by atoms with E-state index < -0.39 is 0 Å². The Bertz CT molecular complexity index is 245. The molecule has 1 aromatic rings. The van der Waals surface area contributed by atoms with Gasteiger partial charge in [-0.1, -0.05) is 0 Å². The van der Waals surface area contributed by atoms with E-state index in [1.807, 2.05) is 13.0 Å². The number of rotatable bonds is 2. The SMILES string of the molecule is Cc1c(CCN)ccnc1N. The van der Waals surface area contributed by atoms with Gasteiger partial charge in [-0.15, -0.1) is 0 Å². The minimum Gasteiger partial charge on any atom is -0.383 e. The average molecular weight is 151 g/mol. The lowest BCUT2D eigenvalue weighted by molar-refractivity contribution is 0.953. The summed E-state index contributed by atoms with van der Waals surface area (Å²) in [6, 6.07) is 1.96. The fourth-order valence-electron chi connectivity index (χ4n) is 1.02. The summed E-state index contributed by atoms with van der Waals surface area (Å²) in [7, 11) is 0. The maximum absolute atomic E-state index is 5.60. The average Bonchev–Trinajstić information content (AvgIpc) is 1.99. The van der Waals surface area contributed by atoms with Gasteiger partial charge in [-0.05, 0) is 37.1 Å². The van der Waals surface area contributed by atoms with E-state index >= 15 is 0 Å². The zero-order valence-corrected chi connectivity index (χ0v) is 6.67. The Morgan fingerprint density at radius 3 is 2.91 bits per heavy atom. The van der Waals surface area contributed by atoms with Gasteiger partial charge in [0.2, 0.25) is 0 Å². The smallest absolute Gasteiger partial charge is 0.126 e. The monoisotopic (exact) mass is 151 g/mol. The van der Waals surface area contributed by atoms with Crippen LogP contribution in [0.1, 0.15) is 11.1 Å². The van der Waals surface area contributed by atoms with Gasteiger partial charge in [-0.2, -0.15) is 0 Å². The molecule has 1 rings (SSSR count). The molecule has 0 saturated heterocycles. The first kappa shape index (κ1) is 8.01. The summed E-state index contributed by atoms with van der Waals surface area (Å²) in [6.07, 6.45) is 2.59. The molecule has 0 aliphatic carbocycles. The van der Waals surface area contributed by atoms with Crippen molar-refractivity contribution in [1.29, 1.82) is 0 Å². The van der Waals surface area contributed by atoms with Crippen molar-refractivity contribution in [2.45, 2.75) is 13.3 Å². The Morgan fingerprint density at radius 2 is 2.27 bits per heavy atom. The fraction of sp³-hybridized carbons (Fsp3) is 0.375. The van der Waals surface area contributed by atoms with Crippen LogP contribution in [0.4, 0.5) is 5.82 Å². The van der Waals surface area contributed by atoms with Gasteiger partial charge in [0.1, 0.15) is 5.82 Å². The van der Waals surface area contributed by atoms with Crippen LogP contribution in [0.2, 0.25) is 0 Å². The minimum atomic E-state index is 0.607. The van der Waals surface area contributed by atoms with Crippen LogP contribution in [0.25, 0.3) is 0 Å². The number of anilines is 1. The molecular formula is C8H13N3. The van der Waals surface area contributed by atoms with E-state index in [0.29, 0.717) is 12.4 Å². The van der Waals surface area contributed by atoms with E-state index in [1.54, 1.807) is 6.20 Å². The van der Waals surface area contributed by atoms with Crippen molar-refractivity contribution >= 4 is 5.82 Å². The van der Waals surface area contributed by atoms with Crippen LogP contribution in [0.5, 0.6) is 0 Å². The molecule has 0 aliphatic heterocycles. The van der Waals surface area contributed by atoms with E-state index in [2.05, 4.69) is 4.98 Å². The van der Waals surface area contributed by atoms with Crippen LogP contribution in [-0.4, -0.2) is 11.5 Å². The normalized spacial score (nSPS) is 10.0. The molecule has 3 heteroatoms. The summed E-state index contributed by atoms with van der Waals surface area (Å²) in [6.45, 7) is 2.62. The molecule has 11 heavy (non-hydrogen) atoms. The first-order valence-electron chi connectivity index (χ1n) is 3.65. The number of hydrogen-bond donors (Lipinski definition) is 2. The van der Waals surface area contributed by atoms with Crippen LogP contribution in [0.3, 0.4) is 0 Å². The lowest BCUT2D eigenvalue weighted by Crippen LogP contribution is -2.06. The molecule has 0 aromatic carbocycles. The van der Waals surface area contributed by atoms with Crippen molar-refractivity contribution in [1.82, 2.24) is 4.98 Å². The van der Waals surface area contributed by atoms with Gasteiger partial charge >= 0.3 is 0 Å². The van der Waals surface area contributed by atoms with E-state index in [9.17, 15) is 0 Å². The summed E-state index contributed by atoms with van der Waals surface area (Å²) in [5.74, 6) is 0.607. The fourth-order valence-corrected chi connectivity index (χ4v) is 1.02. The van der Waals surface area contributed by atoms with Crippen molar-refractivity contribution in [3.63, 3.8) is 0 Å². The van der Waals surface area contributed by atoms with Gasteiger partial charge in [0.15, 0.2) is 0 Å². The van der Waals surface area contributed by atoms with Crippen molar-refractivity contribution in [2.24, 2.45) is 5.73 Å². The molecule has 0 saturated carbocycles. The quantitative estimate of drug-likeness (QED) is 0.646. The number of pyridine rings is 1. The van der Waals surface area contributed by atoms with Crippen LogP contribution in [0, 0.1) is 6.92 Å². The van der Waals surface area contributed by atoms with Crippen molar-refractivity contribution < 1.29 is 0 Å². The Kier molecular flexibility index (Phi) is 2.44. The molecule has 0 fully saturated rings. The topological polar surface area (TPSA) is 64.9 Å². The molecule has 4 N–H and O–H groups in total. The number of aromatic nitrogens is 1. The molecule has 0 radical (unpaired) electrons. The second-order valence-corrected chi connectivity index (χ2v) is 2.52. The molecule has 1 aromatic heterocycles. The Balaban J connectivity index is 2.96. The van der Waals surface area contributed by atoms with E-state index in [-0.39, 0.29) is 0 Å². The highest BCUT2D eigenvalue weighted by molar-refractivity contribution is 5.43. The first-order chi connectivity index (χ1) is 5.25. The summed E-state index contributed by atoms with van der Waals surface area (Å²) in [5, 5.41) is 0. The highest BCUT2D eigenvalue weighted by atomic mass is 14.8. The number of nitrogens with two attached hydrogens (primary N) is 2. The third-order valence-corrected chi connectivity index (χ3v) is 1.77. The first-order valence-corrected chi connectivity index (χ1v) is 3.65.